The van der Waals surface area contributed by atoms with E-state index >= 15 is 0 Å². The average Bonchev–Trinajstić information content (AvgIpc) is 2.62. The molecule has 0 aliphatic heterocycles. The zero-order chi connectivity index (χ0) is 9.68. The second-order valence-corrected chi connectivity index (χ2v) is 3.04. The lowest BCUT2D eigenvalue weighted by Crippen LogP contribution is -2.07. The Morgan fingerprint density at radius 2 is 2.46 bits per heavy atom. The predicted molar refractivity (Wildman–Crippen MR) is 49.6 cm³/mol. The van der Waals surface area contributed by atoms with Crippen molar-refractivity contribution in [1.29, 1.82) is 0 Å². The Morgan fingerprint density at radius 1 is 1.69 bits per heavy atom. The molecule has 0 radical (unpaired) electrons. The molecule has 1 aromatic rings. The van der Waals surface area contributed by atoms with Crippen LogP contribution in [0.1, 0.15) is 24.5 Å². The van der Waals surface area contributed by atoms with Crippen molar-refractivity contribution in [2.45, 2.75) is 19.3 Å². The molecule has 0 saturated heterocycles. The third-order valence-electron chi connectivity index (χ3n) is 1.93. The van der Waals surface area contributed by atoms with Crippen LogP contribution in [0.4, 0.5) is 0 Å². The maximum Gasteiger partial charge on any atom is 0.196 e. The van der Waals surface area contributed by atoms with E-state index in [0.717, 1.165) is 11.7 Å². The topological polar surface area (TPSA) is 61.3 Å². The van der Waals surface area contributed by atoms with Gasteiger partial charge in [-0.1, -0.05) is 6.92 Å². The summed E-state index contributed by atoms with van der Waals surface area (Å²) in [6.45, 7) is 3.23. The molecule has 4 heteroatoms. The normalized spacial score (nSPS) is 13.2. The summed E-state index contributed by atoms with van der Waals surface area (Å²) in [4.78, 5) is 4.12. The van der Waals surface area contributed by atoms with Gasteiger partial charge >= 0.3 is 0 Å². The molecule has 0 fully saturated rings. The lowest BCUT2D eigenvalue weighted by atomic mass is 10.1. The molecule has 1 atom stereocenters. The first-order valence-corrected chi connectivity index (χ1v) is 4.41. The first-order valence-electron chi connectivity index (χ1n) is 4.41. The smallest absolute Gasteiger partial charge is 0.196 e. The van der Waals surface area contributed by atoms with E-state index in [9.17, 15) is 0 Å². The highest BCUT2D eigenvalue weighted by molar-refractivity contribution is 5.00. The van der Waals surface area contributed by atoms with Crippen molar-refractivity contribution >= 4 is 0 Å². The van der Waals surface area contributed by atoms with Crippen molar-refractivity contribution in [1.82, 2.24) is 4.98 Å². The molecular formula is C9H16N2O2. The van der Waals surface area contributed by atoms with Crippen molar-refractivity contribution in [3.63, 3.8) is 0 Å². The lowest BCUT2D eigenvalue weighted by molar-refractivity contribution is 0.194. The molecule has 74 valence electrons. The van der Waals surface area contributed by atoms with Gasteiger partial charge in [0.25, 0.3) is 0 Å². The van der Waals surface area contributed by atoms with E-state index in [-0.39, 0.29) is 5.92 Å². The Bertz CT molecular complexity index is 248. The zero-order valence-corrected chi connectivity index (χ0v) is 8.12. The van der Waals surface area contributed by atoms with Crippen LogP contribution in [0, 0.1) is 0 Å². The Kier molecular flexibility index (Phi) is 3.92. The van der Waals surface area contributed by atoms with Crippen LogP contribution in [0.3, 0.4) is 0 Å². The van der Waals surface area contributed by atoms with Crippen molar-refractivity contribution < 1.29 is 9.15 Å². The van der Waals surface area contributed by atoms with Gasteiger partial charge in [-0.05, 0) is 0 Å². The van der Waals surface area contributed by atoms with Crippen molar-refractivity contribution in [2.24, 2.45) is 5.73 Å². The van der Waals surface area contributed by atoms with Gasteiger partial charge in [0.1, 0.15) is 5.76 Å². The number of methoxy groups -OCH3 is 1. The third-order valence-corrected chi connectivity index (χ3v) is 1.93. The molecule has 0 aliphatic rings. The van der Waals surface area contributed by atoms with E-state index in [1.807, 2.05) is 6.92 Å². The molecule has 2 N–H and O–H groups in total. The molecule has 0 spiro atoms. The number of nitrogens with two attached hydrogens (primary N) is 1. The Morgan fingerprint density at radius 3 is 3.08 bits per heavy atom. The summed E-state index contributed by atoms with van der Waals surface area (Å²) in [6.07, 6.45) is 2.45. The van der Waals surface area contributed by atoms with Gasteiger partial charge in [-0.2, -0.15) is 0 Å². The molecule has 0 bridgehead atoms. The molecule has 13 heavy (non-hydrogen) atoms. The van der Waals surface area contributed by atoms with Gasteiger partial charge in [-0.15, -0.1) is 0 Å². The van der Waals surface area contributed by atoms with Gasteiger partial charge in [0, 0.05) is 26.0 Å². The summed E-state index contributed by atoms with van der Waals surface area (Å²) in [7, 11) is 1.66. The SMILES string of the molecule is COCCc1ncc(C(C)CN)o1. The van der Waals surface area contributed by atoms with Crippen molar-refractivity contribution in [3.05, 3.63) is 17.8 Å². The molecule has 0 saturated carbocycles. The van der Waals surface area contributed by atoms with Crippen LogP contribution in [-0.4, -0.2) is 25.2 Å². The fourth-order valence-corrected chi connectivity index (χ4v) is 0.973. The standard InChI is InChI=1S/C9H16N2O2/c1-7(5-10)8-6-11-9(13-8)3-4-12-2/h6-7H,3-5,10H2,1-2H3. The quantitative estimate of drug-likeness (QED) is 0.739. The second-order valence-electron chi connectivity index (χ2n) is 3.04. The maximum absolute atomic E-state index is 5.50. The lowest BCUT2D eigenvalue weighted by Gasteiger charge is -2.01. The fourth-order valence-electron chi connectivity index (χ4n) is 0.973. The zero-order valence-electron chi connectivity index (χ0n) is 8.12. The average molecular weight is 184 g/mol. The van der Waals surface area contributed by atoms with Crippen LogP contribution in [-0.2, 0) is 11.2 Å². The number of oxazole rings is 1. The summed E-state index contributed by atoms with van der Waals surface area (Å²) in [5.41, 5.74) is 5.50. The highest BCUT2D eigenvalue weighted by Gasteiger charge is 2.09. The van der Waals surface area contributed by atoms with E-state index < -0.39 is 0 Å². The maximum atomic E-state index is 5.50. The summed E-state index contributed by atoms with van der Waals surface area (Å²) in [6, 6.07) is 0. The van der Waals surface area contributed by atoms with Gasteiger partial charge in [0.2, 0.25) is 0 Å². The molecule has 1 rings (SSSR count). The molecular weight excluding hydrogens is 168 g/mol. The van der Waals surface area contributed by atoms with Gasteiger partial charge in [0.15, 0.2) is 5.89 Å². The highest BCUT2D eigenvalue weighted by Crippen LogP contribution is 2.14. The van der Waals surface area contributed by atoms with Gasteiger partial charge < -0.3 is 14.9 Å². The summed E-state index contributed by atoms with van der Waals surface area (Å²) < 4.78 is 10.4. The van der Waals surface area contributed by atoms with E-state index in [1.54, 1.807) is 13.3 Å². The van der Waals surface area contributed by atoms with Crippen molar-refractivity contribution in [3.8, 4) is 0 Å². The Labute approximate surface area is 78.1 Å². The molecule has 1 aromatic heterocycles. The van der Waals surface area contributed by atoms with Crippen LogP contribution < -0.4 is 5.73 Å². The number of rotatable bonds is 5. The van der Waals surface area contributed by atoms with Gasteiger partial charge in [0.05, 0.1) is 12.8 Å². The van der Waals surface area contributed by atoms with Crippen LogP contribution in [0.2, 0.25) is 0 Å². The molecule has 1 heterocycles. The molecule has 0 aromatic carbocycles. The third kappa shape index (κ3) is 2.82. The molecule has 0 amide bonds. The molecule has 0 aliphatic carbocycles. The number of hydrogen-bond donors (Lipinski definition) is 1. The van der Waals surface area contributed by atoms with Gasteiger partial charge in [-0.25, -0.2) is 4.98 Å². The first-order chi connectivity index (χ1) is 6.27. The fraction of sp³-hybridized carbons (Fsp3) is 0.667. The number of hydrogen-bond acceptors (Lipinski definition) is 4. The largest absolute Gasteiger partial charge is 0.445 e. The Hall–Kier alpha value is -0.870. The van der Waals surface area contributed by atoms with E-state index in [4.69, 9.17) is 14.9 Å². The minimum absolute atomic E-state index is 0.240. The number of aromatic nitrogens is 1. The van der Waals surface area contributed by atoms with E-state index in [1.165, 1.54) is 0 Å². The predicted octanol–water partition coefficient (Wildman–Crippen LogP) is 0.926. The molecule has 4 nitrogen and oxygen atoms in total. The number of nitrogens with zero attached hydrogens (tertiary/aromatic N) is 1. The monoisotopic (exact) mass is 184 g/mol. The minimum atomic E-state index is 0.240. The summed E-state index contributed by atoms with van der Waals surface area (Å²) in [5, 5.41) is 0. The summed E-state index contributed by atoms with van der Waals surface area (Å²) >= 11 is 0. The first kappa shape index (κ1) is 10.2. The minimum Gasteiger partial charge on any atom is -0.445 e. The van der Waals surface area contributed by atoms with Crippen molar-refractivity contribution in [2.75, 3.05) is 20.3 Å². The van der Waals surface area contributed by atoms with Crippen LogP contribution in [0.25, 0.3) is 0 Å². The van der Waals surface area contributed by atoms with E-state index in [0.29, 0.717) is 19.6 Å². The Balaban J connectivity index is 2.53. The van der Waals surface area contributed by atoms with Gasteiger partial charge in [-0.3, -0.25) is 0 Å². The van der Waals surface area contributed by atoms with Crippen LogP contribution in [0.15, 0.2) is 10.6 Å². The number of ether oxygens (including phenoxy) is 1. The highest BCUT2D eigenvalue weighted by atomic mass is 16.5. The molecule has 1 unspecified atom stereocenters. The second kappa shape index (κ2) is 4.99. The van der Waals surface area contributed by atoms with Crippen LogP contribution >= 0.6 is 0 Å². The summed E-state index contributed by atoms with van der Waals surface area (Å²) in [5.74, 6) is 1.81. The van der Waals surface area contributed by atoms with Crippen LogP contribution in [0.5, 0.6) is 0 Å². The van der Waals surface area contributed by atoms with E-state index in [2.05, 4.69) is 4.98 Å².